The lowest BCUT2D eigenvalue weighted by Crippen LogP contribution is -2.16. The number of allylic oxidation sites excluding steroid dienone is 1. The monoisotopic (exact) mass is 193 g/mol. The van der Waals surface area contributed by atoms with Gasteiger partial charge in [-0.15, -0.1) is 6.58 Å². The molecule has 0 spiro atoms. The molecule has 0 saturated heterocycles. The molecule has 0 aromatic carbocycles. The van der Waals surface area contributed by atoms with Gasteiger partial charge in [-0.2, -0.15) is 5.26 Å². The van der Waals surface area contributed by atoms with Gasteiger partial charge in [-0.1, -0.05) is 26.3 Å². The summed E-state index contributed by atoms with van der Waals surface area (Å²) in [5.41, 5.74) is 0. The van der Waals surface area contributed by atoms with Crippen LogP contribution in [0.3, 0.4) is 0 Å². The van der Waals surface area contributed by atoms with Crippen molar-refractivity contribution in [3.8, 4) is 6.07 Å². The van der Waals surface area contributed by atoms with Crippen molar-refractivity contribution in [2.75, 3.05) is 0 Å². The molecule has 1 heteroatoms. The second-order valence-corrected chi connectivity index (χ2v) is 4.40. The topological polar surface area (TPSA) is 23.8 Å². The number of rotatable bonds is 7. The van der Waals surface area contributed by atoms with Crippen LogP contribution in [-0.4, -0.2) is 0 Å². The first kappa shape index (κ1) is 13.2. The molecule has 1 nitrogen and oxygen atoms in total. The van der Waals surface area contributed by atoms with E-state index in [9.17, 15) is 0 Å². The molecule has 0 amide bonds. The minimum absolute atomic E-state index is 0.193. The fraction of sp³-hybridized carbons (Fsp3) is 0.769. The van der Waals surface area contributed by atoms with Crippen LogP contribution in [0.15, 0.2) is 12.7 Å². The molecule has 0 rings (SSSR count). The van der Waals surface area contributed by atoms with Crippen LogP contribution in [0.2, 0.25) is 0 Å². The normalized spacial score (nSPS) is 14.8. The van der Waals surface area contributed by atoms with E-state index in [1.165, 1.54) is 19.3 Å². The van der Waals surface area contributed by atoms with Crippen molar-refractivity contribution in [1.29, 1.82) is 5.26 Å². The van der Waals surface area contributed by atoms with Gasteiger partial charge < -0.3 is 0 Å². The maximum atomic E-state index is 8.89. The summed E-state index contributed by atoms with van der Waals surface area (Å²) in [6, 6.07) is 2.37. The lowest BCUT2D eigenvalue weighted by molar-refractivity contribution is 0.289. The van der Waals surface area contributed by atoms with Gasteiger partial charge in [0.2, 0.25) is 0 Å². The second-order valence-electron chi connectivity index (χ2n) is 4.40. The van der Waals surface area contributed by atoms with E-state index in [1.54, 1.807) is 0 Å². The van der Waals surface area contributed by atoms with Crippen LogP contribution in [0.5, 0.6) is 0 Å². The first-order valence-electron chi connectivity index (χ1n) is 5.64. The second kappa shape index (κ2) is 7.62. The maximum absolute atomic E-state index is 8.89. The van der Waals surface area contributed by atoms with Gasteiger partial charge in [-0.05, 0) is 38.0 Å². The lowest BCUT2D eigenvalue weighted by Gasteiger charge is -2.22. The van der Waals surface area contributed by atoms with Crippen molar-refractivity contribution in [2.45, 2.75) is 46.5 Å². The Morgan fingerprint density at radius 1 is 1.29 bits per heavy atom. The Kier molecular flexibility index (Phi) is 7.20. The molecular weight excluding hydrogens is 170 g/mol. The van der Waals surface area contributed by atoms with Gasteiger partial charge in [0.25, 0.3) is 0 Å². The SMILES string of the molecule is C=CCCCCC(C(C)C)C(C)C#N. The minimum Gasteiger partial charge on any atom is -0.198 e. The van der Waals surface area contributed by atoms with Gasteiger partial charge in [-0.25, -0.2) is 0 Å². The number of hydrogen-bond acceptors (Lipinski definition) is 1. The molecule has 0 aliphatic carbocycles. The Morgan fingerprint density at radius 2 is 1.93 bits per heavy atom. The third kappa shape index (κ3) is 5.07. The summed E-state index contributed by atoms with van der Waals surface area (Å²) >= 11 is 0. The quantitative estimate of drug-likeness (QED) is 0.440. The van der Waals surface area contributed by atoms with Gasteiger partial charge in [0.05, 0.1) is 6.07 Å². The van der Waals surface area contributed by atoms with Gasteiger partial charge in [0, 0.05) is 5.92 Å². The average Bonchev–Trinajstić information content (AvgIpc) is 2.16. The number of unbranched alkanes of at least 4 members (excludes halogenated alkanes) is 2. The van der Waals surface area contributed by atoms with E-state index in [0.29, 0.717) is 11.8 Å². The van der Waals surface area contributed by atoms with Crippen molar-refractivity contribution in [3.63, 3.8) is 0 Å². The predicted octanol–water partition coefficient (Wildman–Crippen LogP) is 4.16. The van der Waals surface area contributed by atoms with Gasteiger partial charge >= 0.3 is 0 Å². The first-order valence-corrected chi connectivity index (χ1v) is 5.64. The zero-order chi connectivity index (χ0) is 11.0. The smallest absolute Gasteiger partial charge is 0.0655 e. The zero-order valence-corrected chi connectivity index (χ0v) is 9.79. The van der Waals surface area contributed by atoms with E-state index in [1.807, 2.05) is 13.0 Å². The van der Waals surface area contributed by atoms with Gasteiger partial charge in [0.15, 0.2) is 0 Å². The minimum atomic E-state index is 0.193. The van der Waals surface area contributed by atoms with Crippen molar-refractivity contribution in [2.24, 2.45) is 17.8 Å². The molecule has 14 heavy (non-hydrogen) atoms. The van der Waals surface area contributed by atoms with Crippen LogP contribution in [-0.2, 0) is 0 Å². The molecule has 0 aromatic heterocycles. The summed E-state index contributed by atoms with van der Waals surface area (Å²) < 4.78 is 0. The highest BCUT2D eigenvalue weighted by atomic mass is 14.3. The molecule has 0 aliphatic heterocycles. The molecule has 0 aliphatic rings. The van der Waals surface area contributed by atoms with Crippen LogP contribution in [0.4, 0.5) is 0 Å². The molecule has 0 aromatic rings. The van der Waals surface area contributed by atoms with E-state index in [-0.39, 0.29) is 5.92 Å². The first-order chi connectivity index (χ1) is 6.63. The van der Waals surface area contributed by atoms with E-state index in [2.05, 4.69) is 26.5 Å². The summed E-state index contributed by atoms with van der Waals surface area (Å²) in [5, 5.41) is 8.89. The van der Waals surface area contributed by atoms with E-state index in [4.69, 9.17) is 5.26 Å². The standard InChI is InChI=1S/C13H23N/c1-5-6-7-8-9-13(11(2)3)12(4)10-14/h5,11-13H,1,6-9H2,2-4H3. The Morgan fingerprint density at radius 3 is 2.36 bits per heavy atom. The summed E-state index contributed by atoms with van der Waals surface area (Å²) in [5.74, 6) is 1.37. The molecule has 2 atom stereocenters. The van der Waals surface area contributed by atoms with Crippen LogP contribution in [0.1, 0.15) is 46.5 Å². The molecule has 2 unspecified atom stereocenters. The molecule has 0 radical (unpaired) electrons. The Hall–Kier alpha value is -0.770. The molecule has 0 saturated carbocycles. The van der Waals surface area contributed by atoms with Crippen molar-refractivity contribution in [1.82, 2.24) is 0 Å². The van der Waals surface area contributed by atoms with Crippen molar-refractivity contribution >= 4 is 0 Å². The number of nitrogens with zero attached hydrogens (tertiary/aromatic N) is 1. The fourth-order valence-electron chi connectivity index (χ4n) is 1.93. The zero-order valence-electron chi connectivity index (χ0n) is 9.79. The summed E-state index contributed by atoms with van der Waals surface area (Å²) in [4.78, 5) is 0. The maximum Gasteiger partial charge on any atom is 0.0655 e. The van der Waals surface area contributed by atoms with E-state index < -0.39 is 0 Å². The van der Waals surface area contributed by atoms with Crippen molar-refractivity contribution in [3.05, 3.63) is 12.7 Å². The summed E-state index contributed by atoms with van der Waals surface area (Å²) in [6.07, 6.45) is 6.69. The summed E-state index contributed by atoms with van der Waals surface area (Å²) in [7, 11) is 0. The van der Waals surface area contributed by atoms with Crippen LogP contribution < -0.4 is 0 Å². The molecule has 0 heterocycles. The summed E-state index contributed by atoms with van der Waals surface area (Å²) in [6.45, 7) is 10.2. The van der Waals surface area contributed by atoms with Crippen LogP contribution in [0.25, 0.3) is 0 Å². The van der Waals surface area contributed by atoms with Crippen LogP contribution in [0, 0.1) is 29.1 Å². The molecule has 0 fully saturated rings. The van der Waals surface area contributed by atoms with E-state index in [0.717, 1.165) is 6.42 Å². The highest BCUT2D eigenvalue weighted by Gasteiger charge is 2.19. The predicted molar refractivity (Wildman–Crippen MR) is 61.8 cm³/mol. The highest BCUT2D eigenvalue weighted by molar-refractivity contribution is 4.86. The Labute approximate surface area is 88.8 Å². The fourth-order valence-corrected chi connectivity index (χ4v) is 1.93. The third-order valence-corrected chi connectivity index (χ3v) is 2.90. The molecular formula is C13H23N. The largest absolute Gasteiger partial charge is 0.198 e. The highest BCUT2D eigenvalue weighted by Crippen LogP contribution is 2.26. The number of hydrogen-bond donors (Lipinski definition) is 0. The molecule has 0 N–H and O–H groups in total. The van der Waals surface area contributed by atoms with Gasteiger partial charge in [0.1, 0.15) is 0 Å². The van der Waals surface area contributed by atoms with Crippen LogP contribution >= 0.6 is 0 Å². The third-order valence-electron chi connectivity index (χ3n) is 2.90. The van der Waals surface area contributed by atoms with E-state index >= 15 is 0 Å². The van der Waals surface area contributed by atoms with Crippen molar-refractivity contribution < 1.29 is 0 Å². The average molecular weight is 193 g/mol. The molecule has 0 bridgehead atoms. The molecule has 80 valence electrons. The van der Waals surface area contributed by atoms with Gasteiger partial charge in [-0.3, -0.25) is 0 Å². The Bertz CT molecular complexity index is 188. The number of nitriles is 1. The lowest BCUT2D eigenvalue weighted by atomic mass is 9.81. The Balaban J connectivity index is 3.87.